The molecule has 0 radical (unpaired) electrons. The van der Waals surface area contributed by atoms with Gasteiger partial charge in [0.05, 0.1) is 7.11 Å². The van der Waals surface area contributed by atoms with Crippen LogP contribution < -0.4 is 19.9 Å². The monoisotopic (exact) mass is 335 g/mol. The average molecular weight is 335 g/mol. The van der Waals surface area contributed by atoms with Crippen LogP contribution >= 0.6 is 0 Å². The van der Waals surface area contributed by atoms with Gasteiger partial charge in [0.2, 0.25) is 0 Å². The van der Waals surface area contributed by atoms with Crippen molar-refractivity contribution in [3.63, 3.8) is 0 Å². The molecule has 0 saturated carbocycles. The number of nitrogen functional groups attached to an aromatic ring is 1. The standard InChI is InChI=1S/C15H14FN3O5/c1-6-7(4-5-8-10(6)24-15(2,16)23-8)13-18-9(14(20)21)11(22-3)12(17)19-13/h4-5H,1-3H3,(H,20,21)(H2,17,18,19). The van der Waals surface area contributed by atoms with Crippen molar-refractivity contribution in [1.82, 2.24) is 9.97 Å². The number of nitrogens with zero attached hydrogens (tertiary/aromatic N) is 2. The van der Waals surface area contributed by atoms with Crippen LogP contribution in [0, 0.1) is 6.92 Å². The summed E-state index contributed by atoms with van der Waals surface area (Å²) in [5.41, 5.74) is 6.32. The molecule has 2 aromatic rings. The molecular weight excluding hydrogens is 321 g/mol. The third-order valence-corrected chi connectivity index (χ3v) is 3.49. The Labute approximate surface area is 136 Å². The molecule has 0 amide bonds. The highest BCUT2D eigenvalue weighted by Gasteiger charge is 2.38. The van der Waals surface area contributed by atoms with Gasteiger partial charge in [-0.1, -0.05) is 0 Å². The lowest BCUT2D eigenvalue weighted by Gasteiger charge is -2.12. The highest BCUT2D eigenvalue weighted by atomic mass is 19.2. The van der Waals surface area contributed by atoms with E-state index in [4.69, 9.17) is 19.9 Å². The van der Waals surface area contributed by atoms with E-state index in [1.54, 1.807) is 13.0 Å². The van der Waals surface area contributed by atoms with Crippen molar-refractivity contribution in [1.29, 1.82) is 0 Å². The number of methoxy groups -OCH3 is 1. The quantitative estimate of drug-likeness (QED) is 0.876. The van der Waals surface area contributed by atoms with Gasteiger partial charge in [-0.3, -0.25) is 0 Å². The van der Waals surface area contributed by atoms with Crippen molar-refractivity contribution in [2.45, 2.75) is 19.9 Å². The van der Waals surface area contributed by atoms with E-state index in [1.807, 2.05) is 0 Å². The van der Waals surface area contributed by atoms with Gasteiger partial charge in [0.25, 0.3) is 0 Å². The number of alkyl halides is 1. The van der Waals surface area contributed by atoms with Crippen LogP contribution in [0.4, 0.5) is 10.2 Å². The number of carboxylic acid groups (broad SMARTS) is 1. The molecule has 1 aliphatic rings. The van der Waals surface area contributed by atoms with Crippen molar-refractivity contribution in [2.75, 3.05) is 12.8 Å². The molecule has 0 fully saturated rings. The Bertz CT molecular complexity index is 853. The normalized spacial score (nSPS) is 18.5. The number of carboxylic acids is 1. The molecule has 2 heterocycles. The van der Waals surface area contributed by atoms with Crippen LogP contribution in [0.2, 0.25) is 0 Å². The second-order valence-electron chi connectivity index (χ2n) is 5.22. The van der Waals surface area contributed by atoms with E-state index in [0.717, 1.165) is 6.92 Å². The van der Waals surface area contributed by atoms with Crippen LogP contribution in [0.25, 0.3) is 11.4 Å². The minimum atomic E-state index is -2.27. The Morgan fingerprint density at radius 2 is 2.08 bits per heavy atom. The van der Waals surface area contributed by atoms with Gasteiger partial charge in [-0.05, 0) is 19.1 Å². The van der Waals surface area contributed by atoms with E-state index in [1.165, 1.54) is 13.2 Å². The number of anilines is 1. The zero-order valence-corrected chi connectivity index (χ0v) is 13.1. The summed E-state index contributed by atoms with van der Waals surface area (Å²) in [6.45, 7) is 2.79. The zero-order chi connectivity index (χ0) is 17.6. The van der Waals surface area contributed by atoms with Gasteiger partial charge in [0.1, 0.15) is 0 Å². The van der Waals surface area contributed by atoms with Gasteiger partial charge < -0.3 is 25.1 Å². The molecule has 0 saturated heterocycles. The molecule has 1 aromatic heterocycles. The Morgan fingerprint density at radius 1 is 1.38 bits per heavy atom. The van der Waals surface area contributed by atoms with E-state index in [-0.39, 0.29) is 34.6 Å². The highest BCUT2D eigenvalue weighted by Crippen LogP contribution is 2.45. The van der Waals surface area contributed by atoms with Gasteiger partial charge >= 0.3 is 12.0 Å². The largest absolute Gasteiger partial charge is 0.491 e. The molecule has 24 heavy (non-hydrogen) atoms. The molecule has 1 atom stereocenters. The molecule has 1 aliphatic heterocycles. The molecule has 0 spiro atoms. The molecule has 126 valence electrons. The third-order valence-electron chi connectivity index (χ3n) is 3.49. The maximum absolute atomic E-state index is 13.9. The molecule has 3 N–H and O–H groups in total. The highest BCUT2D eigenvalue weighted by molar-refractivity contribution is 5.91. The summed E-state index contributed by atoms with van der Waals surface area (Å²) in [4.78, 5) is 19.4. The topological polar surface area (TPSA) is 117 Å². The molecule has 3 rings (SSSR count). The number of rotatable bonds is 3. The van der Waals surface area contributed by atoms with Gasteiger partial charge in [-0.25, -0.2) is 14.8 Å². The van der Waals surface area contributed by atoms with Gasteiger partial charge in [0.15, 0.2) is 34.6 Å². The molecule has 1 aromatic carbocycles. The number of aromatic nitrogens is 2. The lowest BCUT2D eigenvalue weighted by molar-refractivity contribution is -0.173. The maximum atomic E-state index is 13.9. The lowest BCUT2D eigenvalue weighted by atomic mass is 10.1. The van der Waals surface area contributed by atoms with E-state index >= 15 is 0 Å². The van der Waals surface area contributed by atoms with Crippen LogP contribution in [0.5, 0.6) is 17.2 Å². The molecule has 0 aliphatic carbocycles. The van der Waals surface area contributed by atoms with Crippen LogP contribution in [0.1, 0.15) is 23.0 Å². The Hall–Kier alpha value is -3.10. The number of halogens is 1. The van der Waals surface area contributed by atoms with Crippen molar-refractivity contribution in [3.05, 3.63) is 23.4 Å². The van der Waals surface area contributed by atoms with Crippen LogP contribution in [0.15, 0.2) is 12.1 Å². The lowest BCUT2D eigenvalue weighted by Crippen LogP contribution is -2.28. The predicted molar refractivity (Wildman–Crippen MR) is 80.9 cm³/mol. The number of fused-ring (bicyclic) bond motifs is 1. The Balaban J connectivity index is 2.17. The fourth-order valence-corrected chi connectivity index (χ4v) is 2.45. The van der Waals surface area contributed by atoms with Crippen molar-refractivity contribution < 1.29 is 28.5 Å². The van der Waals surface area contributed by atoms with E-state index < -0.39 is 12.0 Å². The molecule has 1 unspecified atom stereocenters. The summed E-state index contributed by atoms with van der Waals surface area (Å²) in [6, 6.07) is 0.802. The second-order valence-corrected chi connectivity index (χ2v) is 5.22. The third kappa shape index (κ3) is 2.43. The zero-order valence-electron chi connectivity index (χ0n) is 13.1. The molecule has 8 nitrogen and oxygen atoms in total. The van der Waals surface area contributed by atoms with Gasteiger partial charge in [-0.2, -0.15) is 4.39 Å². The Kier molecular flexibility index (Phi) is 3.43. The van der Waals surface area contributed by atoms with E-state index in [9.17, 15) is 14.3 Å². The summed E-state index contributed by atoms with van der Waals surface area (Å²) >= 11 is 0. The van der Waals surface area contributed by atoms with Crippen LogP contribution in [-0.2, 0) is 0 Å². The molecular formula is C15H14FN3O5. The minimum Gasteiger partial charge on any atom is -0.491 e. The minimum absolute atomic E-state index is 0.0575. The SMILES string of the molecule is COc1c(N)nc(-c2ccc3c(c2C)OC(C)(F)O3)nc1C(=O)O. The van der Waals surface area contributed by atoms with Crippen LogP contribution in [-0.4, -0.2) is 34.2 Å². The summed E-state index contributed by atoms with van der Waals surface area (Å²) in [6.07, 6.45) is 0. The summed E-state index contributed by atoms with van der Waals surface area (Å²) in [7, 11) is 1.27. The average Bonchev–Trinajstić information content (AvgIpc) is 2.82. The van der Waals surface area contributed by atoms with E-state index in [2.05, 4.69) is 9.97 Å². The first-order valence-corrected chi connectivity index (χ1v) is 6.89. The van der Waals surface area contributed by atoms with Crippen LogP contribution in [0.3, 0.4) is 0 Å². The second kappa shape index (κ2) is 5.22. The number of hydrogen-bond donors (Lipinski definition) is 2. The fourth-order valence-electron chi connectivity index (χ4n) is 2.45. The van der Waals surface area contributed by atoms with Crippen molar-refractivity contribution >= 4 is 11.8 Å². The van der Waals surface area contributed by atoms with E-state index in [0.29, 0.717) is 11.1 Å². The summed E-state index contributed by atoms with van der Waals surface area (Å²) < 4.78 is 28.9. The van der Waals surface area contributed by atoms with Gasteiger partial charge in [-0.15, -0.1) is 0 Å². The summed E-state index contributed by atoms with van der Waals surface area (Å²) in [5.74, 6) is -1.05. The first-order chi connectivity index (χ1) is 11.2. The first-order valence-electron chi connectivity index (χ1n) is 6.89. The number of benzene rings is 1. The maximum Gasteiger partial charge on any atom is 0.404 e. The number of hydrogen-bond acceptors (Lipinski definition) is 7. The molecule has 0 bridgehead atoms. The predicted octanol–water partition coefficient (Wildman–Crippen LogP) is 2.16. The molecule has 9 heteroatoms. The number of aromatic carboxylic acids is 1. The Morgan fingerprint density at radius 3 is 2.71 bits per heavy atom. The fraction of sp³-hybridized carbons (Fsp3) is 0.267. The number of carbonyl (C=O) groups is 1. The smallest absolute Gasteiger partial charge is 0.404 e. The van der Waals surface area contributed by atoms with Crippen molar-refractivity contribution in [3.8, 4) is 28.6 Å². The van der Waals surface area contributed by atoms with Gasteiger partial charge in [0, 0.05) is 18.1 Å². The number of nitrogens with two attached hydrogens (primary N) is 1. The number of ether oxygens (including phenoxy) is 3. The first kappa shape index (κ1) is 15.8. The summed E-state index contributed by atoms with van der Waals surface area (Å²) in [5, 5.41) is 9.27. The van der Waals surface area contributed by atoms with Crippen molar-refractivity contribution in [2.24, 2.45) is 0 Å².